The molecule has 0 aliphatic rings. The van der Waals surface area contributed by atoms with E-state index in [-0.39, 0.29) is 29.5 Å². The van der Waals surface area contributed by atoms with E-state index >= 15 is 0 Å². The van der Waals surface area contributed by atoms with Crippen molar-refractivity contribution in [2.75, 3.05) is 14.2 Å². The number of methoxy groups -OCH3 is 2. The van der Waals surface area contributed by atoms with E-state index in [2.05, 4.69) is 10.4 Å². The molecule has 1 heterocycles. The van der Waals surface area contributed by atoms with Crippen molar-refractivity contribution in [1.82, 2.24) is 15.1 Å². The molecule has 11 heteroatoms. The number of aromatic nitrogens is 2. The second kappa shape index (κ2) is 10.6. The van der Waals surface area contributed by atoms with Gasteiger partial charge >= 0.3 is 5.76 Å². The third-order valence-corrected chi connectivity index (χ3v) is 5.41. The predicted molar refractivity (Wildman–Crippen MR) is 130 cm³/mol. The summed E-state index contributed by atoms with van der Waals surface area (Å²) in [7, 11) is 2.70. The highest BCUT2D eigenvalue weighted by Crippen LogP contribution is 2.38. The van der Waals surface area contributed by atoms with Gasteiger partial charge in [0.05, 0.1) is 25.2 Å². The van der Waals surface area contributed by atoms with E-state index in [9.17, 15) is 19.7 Å². The molecule has 3 aromatic carbocycles. The minimum absolute atomic E-state index is 0.0919. The molecule has 1 N–H and O–H groups in total. The molecule has 0 spiro atoms. The Hall–Kier alpha value is -4.93. The second-order valence-corrected chi connectivity index (χ2v) is 7.61. The first-order valence-corrected chi connectivity index (χ1v) is 10.8. The van der Waals surface area contributed by atoms with Crippen LogP contribution < -0.4 is 20.5 Å². The van der Waals surface area contributed by atoms with Crippen molar-refractivity contribution in [1.29, 1.82) is 0 Å². The number of carbonyl (C=O) groups excluding carboxylic acids is 1. The number of amides is 1. The Balaban J connectivity index is 1.53. The summed E-state index contributed by atoms with van der Waals surface area (Å²) in [5.41, 5.74) is 2.39. The van der Waals surface area contributed by atoms with Gasteiger partial charge in [-0.25, -0.2) is 4.79 Å². The number of benzene rings is 3. The maximum Gasteiger partial charge on any atom is 0.437 e. The monoisotopic (exact) mass is 490 g/mol. The van der Waals surface area contributed by atoms with Crippen molar-refractivity contribution in [2.24, 2.45) is 0 Å². The molecular formula is C25H22N4O7. The topological polar surface area (TPSA) is 139 Å². The van der Waals surface area contributed by atoms with Gasteiger partial charge in [-0.2, -0.15) is 4.68 Å². The van der Waals surface area contributed by atoms with Crippen molar-refractivity contribution >= 4 is 11.6 Å². The Kier molecular flexibility index (Phi) is 7.10. The molecule has 1 aromatic heterocycles. The molecular weight excluding hydrogens is 468 g/mol. The molecule has 0 saturated heterocycles. The molecule has 0 fully saturated rings. The largest absolute Gasteiger partial charge is 0.493 e. The van der Waals surface area contributed by atoms with Gasteiger partial charge in [0.2, 0.25) is 5.91 Å². The van der Waals surface area contributed by atoms with E-state index < -0.39 is 28.8 Å². The average molecular weight is 490 g/mol. The van der Waals surface area contributed by atoms with E-state index in [0.29, 0.717) is 0 Å². The number of carbonyl (C=O) groups is 1. The lowest BCUT2D eigenvalue weighted by Gasteiger charge is -2.11. The predicted octanol–water partition coefficient (Wildman–Crippen LogP) is 3.41. The molecule has 36 heavy (non-hydrogen) atoms. The number of nitro groups is 1. The Morgan fingerprint density at radius 3 is 2.39 bits per heavy atom. The lowest BCUT2D eigenvalue weighted by molar-refractivity contribution is -0.384. The number of nitro benzene ring substituents is 1. The van der Waals surface area contributed by atoms with Crippen LogP contribution in [0.4, 0.5) is 5.69 Å². The maximum atomic E-state index is 12.6. The summed E-state index contributed by atoms with van der Waals surface area (Å²) < 4.78 is 16.2. The molecule has 0 aliphatic carbocycles. The summed E-state index contributed by atoms with van der Waals surface area (Å²) in [6.07, 6.45) is 0. The van der Waals surface area contributed by atoms with Crippen LogP contribution >= 0.6 is 0 Å². The quantitative estimate of drug-likeness (QED) is 0.278. The minimum atomic E-state index is -0.936. The van der Waals surface area contributed by atoms with Crippen LogP contribution in [0, 0.1) is 10.1 Å². The van der Waals surface area contributed by atoms with Crippen LogP contribution in [-0.4, -0.2) is 34.8 Å². The van der Waals surface area contributed by atoms with Crippen molar-refractivity contribution in [2.45, 2.75) is 13.1 Å². The van der Waals surface area contributed by atoms with E-state index in [1.807, 2.05) is 54.6 Å². The lowest BCUT2D eigenvalue weighted by atomic mass is 10.00. The maximum absolute atomic E-state index is 12.6. The van der Waals surface area contributed by atoms with E-state index in [0.717, 1.165) is 27.4 Å². The molecule has 0 radical (unpaired) electrons. The zero-order valence-corrected chi connectivity index (χ0v) is 19.5. The molecule has 184 valence electrons. The van der Waals surface area contributed by atoms with Crippen LogP contribution in [0.5, 0.6) is 11.5 Å². The Morgan fingerprint density at radius 1 is 1.03 bits per heavy atom. The molecule has 1 amide bonds. The molecule has 0 aliphatic heterocycles. The van der Waals surface area contributed by atoms with Gasteiger partial charge < -0.3 is 19.2 Å². The fourth-order valence-corrected chi connectivity index (χ4v) is 3.67. The van der Waals surface area contributed by atoms with Gasteiger partial charge in [0.15, 0.2) is 11.5 Å². The fourth-order valence-electron chi connectivity index (χ4n) is 3.67. The summed E-state index contributed by atoms with van der Waals surface area (Å²) in [6.45, 7) is -0.207. The van der Waals surface area contributed by atoms with Crippen LogP contribution in [0.1, 0.15) is 5.56 Å². The Morgan fingerprint density at radius 2 is 1.69 bits per heavy atom. The minimum Gasteiger partial charge on any atom is -0.493 e. The zero-order valence-electron chi connectivity index (χ0n) is 19.5. The first-order valence-electron chi connectivity index (χ1n) is 10.8. The molecule has 0 unspecified atom stereocenters. The number of hydrogen-bond acceptors (Lipinski definition) is 8. The number of nitrogens with zero attached hydrogens (tertiary/aromatic N) is 3. The van der Waals surface area contributed by atoms with Gasteiger partial charge in [-0.15, -0.1) is 5.10 Å². The molecule has 11 nitrogen and oxygen atoms in total. The summed E-state index contributed by atoms with van der Waals surface area (Å²) in [5, 5.41) is 18.3. The van der Waals surface area contributed by atoms with E-state index in [1.165, 1.54) is 20.3 Å². The Labute approximate surface area is 205 Å². The van der Waals surface area contributed by atoms with Gasteiger partial charge in [-0.3, -0.25) is 14.9 Å². The second-order valence-electron chi connectivity index (χ2n) is 7.61. The van der Waals surface area contributed by atoms with Crippen molar-refractivity contribution in [3.8, 4) is 34.1 Å². The highest BCUT2D eigenvalue weighted by atomic mass is 16.6. The van der Waals surface area contributed by atoms with Gasteiger partial charge in [0.25, 0.3) is 11.6 Å². The normalized spacial score (nSPS) is 10.6. The third-order valence-electron chi connectivity index (χ3n) is 5.41. The molecule has 0 atom stereocenters. The van der Waals surface area contributed by atoms with Crippen molar-refractivity contribution < 1.29 is 23.6 Å². The zero-order chi connectivity index (χ0) is 25.7. The van der Waals surface area contributed by atoms with Gasteiger partial charge in [-0.05, 0) is 16.7 Å². The number of nitrogens with one attached hydrogen (secondary N) is 1. The van der Waals surface area contributed by atoms with Gasteiger partial charge in [0.1, 0.15) is 12.1 Å². The molecule has 4 aromatic rings. The number of rotatable bonds is 9. The van der Waals surface area contributed by atoms with E-state index in [1.54, 1.807) is 0 Å². The highest BCUT2D eigenvalue weighted by Gasteiger charge is 2.25. The van der Waals surface area contributed by atoms with Gasteiger partial charge in [0, 0.05) is 12.6 Å². The smallest absolute Gasteiger partial charge is 0.437 e. The van der Waals surface area contributed by atoms with Crippen molar-refractivity contribution in [3.63, 3.8) is 0 Å². The first kappa shape index (κ1) is 24.2. The number of hydrogen-bond donors (Lipinski definition) is 1. The Bertz CT molecular complexity index is 1460. The number of ether oxygens (including phenoxy) is 2. The fraction of sp³-hybridized carbons (Fsp3) is 0.160. The molecule has 4 rings (SSSR count). The lowest BCUT2D eigenvalue weighted by Crippen LogP contribution is -2.31. The summed E-state index contributed by atoms with van der Waals surface area (Å²) in [6, 6.07) is 19.8. The third kappa shape index (κ3) is 5.09. The SMILES string of the molecule is COc1cc(-c2nn(CC(=O)NCc3ccccc3-c3ccccc3)c(=O)o2)c([N+](=O)[O-])cc1OC. The summed E-state index contributed by atoms with van der Waals surface area (Å²) in [4.78, 5) is 35.9. The van der Waals surface area contributed by atoms with Crippen LogP contribution in [0.15, 0.2) is 75.9 Å². The summed E-state index contributed by atoms with van der Waals surface area (Å²) >= 11 is 0. The first-order chi connectivity index (χ1) is 17.4. The highest BCUT2D eigenvalue weighted by molar-refractivity contribution is 5.76. The molecule has 0 saturated carbocycles. The summed E-state index contributed by atoms with van der Waals surface area (Å²) in [5.74, 6) is -1.43. The standard InChI is InChI=1S/C25H22N4O7/c1-34-21-12-19(20(29(32)33)13-22(21)35-2)24-27-28(25(31)36-24)15-23(30)26-14-17-10-6-7-11-18(17)16-8-4-3-5-9-16/h3-13H,14-15H2,1-2H3,(H,26,30). The van der Waals surface area contributed by atoms with E-state index in [4.69, 9.17) is 13.9 Å². The van der Waals surface area contributed by atoms with Crippen LogP contribution in [0.2, 0.25) is 0 Å². The van der Waals surface area contributed by atoms with Crippen molar-refractivity contribution in [3.05, 3.63) is 93.0 Å². The van der Waals surface area contributed by atoms with Crippen LogP contribution in [0.25, 0.3) is 22.6 Å². The van der Waals surface area contributed by atoms with Gasteiger partial charge in [-0.1, -0.05) is 54.6 Å². The van der Waals surface area contributed by atoms with Crippen LogP contribution in [-0.2, 0) is 17.9 Å². The van der Waals surface area contributed by atoms with Crippen LogP contribution in [0.3, 0.4) is 0 Å². The average Bonchev–Trinajstić information content (AvgIpc) is 3.26. The molecule has 0 bridgehead atoms.